The molecule has 2 aromatic carbocycles. The van der Waals surface area contributed by atoms with Crippen LogP contribution in [0.2, 0.25) is 0 Å². The molecule has 0 spiro atoms. The van der Waals surface area contributed by atoms with Crippen molar-refractivity contribution in [3.05, 3.63) is 65.2 Å². The first-order valence-electron chi connectivity index (χ1n) is 9.91. The minimum Gasteiger partial charge on any atom is -0.497 e. The molecule has 0 amide bonds. The summed E-state index contributed by atoms with van der Waals surface area (Å²) in [7, 11) is 1.73. The van der Waals surface area contributed by atoms with Crippen LogP contribution in [0.5, 0.6) is 5.75 Å². The summed E-state index contributed by atoms with van der Waals surface area (Å²) in [6.45, 7) is 2.16. The molecule has 0 bridgehead atoms. The Morgan fingerprint density at radius 2 is 1.16 bits per heavy atom. The minimum atomic E-state index is 0.928. The summed E-state index contributed by atoms with van der Waals surface area (Å²) < 4.78 is 5.24. The second kappa shape index (κ2) is 9.08. The fourth-order valence-electron chi connectivity index (χ4n) is 4.10. The van der Waals surface area contributed by atoms with E-state index >= 15 is 0 Å². The highest BCUT2D eigenvalue weighted by Crippen LogP contribution is 2.34. The summed E-state index contributed by atoms with van der Waals surface area (Å²) in [5.41, 5.74) is 4.32. The zero-order valence-electron chi connectivity index (χ0n) is 15.8. The molecule has 0 atom stereocenters. The van der Waals surface area contributed by atoms with Crippen molar-refractivity contribution in [2.45, 2.75) is 58.3 Å². The number of ether oxygens (including phenoxy) is 1. The van der Waals surface area contributed by atoms with Crippen molar-refractivity contribution in [2.24, 2.45) is 11.8 Å². The lowest BCUT2D eigenvalue weighted by Gasteiger charge is -2.28. The Morgan fingerprint density at radius 1 is 0.720 bits per heavy atom. The highest BCUT2D eigenvalue weighted by molar-refractivity contribution is 5.27. The van der Waals surface area contributed by atoms with Gasteiger partial charge in [0.25, 0.3) is 0 Å². The van der Waals surface area contributed by atoms with Crippen molar-refractivity contribution < 1.29 is 4.74 Å². The highest BCUT2D eigenvalue weighted by Gasteiger charge is 2.20. The van der Waals surface area contributed by atoms with Gasteiger partial charge in [-0.05, 0) is 67.7 Å². The molecular formula is C24H32O. The van der Waals surface area contributed by atoms with Crippen molar-refractivity contribution in [3.63, 3.8) is 0 Å². The third-order valence-corrected chi connectivity index (χ3v) is 5.93. The summed E-state index contributed by atoms with van der Waals surface area (Å²) in [5.74, 6) is 2.83. The van der Waals surface area contributed by atoms with Crippen LogP contribution in [0.25, 0.3) is 0 Å². The Morgan fingerprint density at radius 3 is 1.60 bits per heavy atom. The average molecular weight is 337 g/mol. The Labute approximate surface area is 153 Å². The van der Waals surface area contributed by atoms with Gasteiger partial charge in [-0.2, -0.15) is 0 Å². The molecule has 1 nitrogen and oxygen atoms in total. The van der Waals surface area contributed by atoms with E-state index in [0.717, 1.165) is 17.6 Å². The maximum absolute atomic E-state index is 5.24. The molecule has 0 radical (unpaired) electrons. The van der Waals surface area contributed by atoms with Crippen molar-refractivity contribution in [3.8, 4) is 5.75 Å². The van der Waals surface area contributed by atoms with E-state index in [1.165, 1.54) is 68.1 Å². The van der Waals surface area contributed by atoms with Gasteiger partial charge in [-0.15, -0.1) is 0 Å². The molecule has 0 aromatic heterocycles. The van der Waals surface area contributed by atoms with Gasteiger partial charge in [0.1, 0.15) is 5.75 Å². The number of hydrogen-bond acceptors (Lipinski definition) is 1. The van der Waals surface area contributed by atoms with Crippen LogP contribution < -0.4 is 4.74 Å². The smallest absolute Gasteiger partial charge is 0.118 e. The summed E-state index contributed by atoms with van der Waals surface area (Å²) in [6, 6.07) is 17.7. The van der Waals surface area contributed by atoms with E-state index in [2.05, 4.69) is 55.5 Å². The summed E-state index contributed by atoms with van der Waals surface area (Å²) in [6.07, 6.45) is 10.9. The molecule has 0 N–H and O–H groups in total. The van der Waals surface area contributed by atoms with Gasteiger partial charge in [0.2, 0.25) is 0 Å². The first-order chi connectivity index (χ1) is 12.2. The highest BCUT2D eigenvalue weighted by atomic mass is 16.5. The van der Waals surface area contributed by atoms with E-state index in [1.807, 2.05) is 0 Å². The van der Waals surface area contributed by atoms with Gasteiger partial charge in [-0.1, -0.05) is 67.6 Å². The van der Waals surface area contributed by atoms with Crippen molar-refractivity contribution in [1.29, 1.82) is 0 Å². The topological polar surface area (TPSA) is 9.23 Å². The van der Waals surface area contributed by atoms with Gasteiger partial charge < -0.3 is 4.74 Å². The van der Waals surface area contributed by atoms with E-state index < -0.39 is 0 Å². The van der Waals surface area contributed by atoms with Crippen molar-refractivity contribution in [2.75, 3.05) is 7.11 Å². The van der Waals surface area contributed by atoms with Crippen LogP contribution >= 0.6 is 0 Å². The summed E-state index contributed by atoms with van der Waals surface area (Å²) in [4.78, 5) is 0. The Hall–Kier alpha value is -1.76. The Balaban J connectivity index is 1.35. The van der Waals surface area contributed by atoms with E-state index in [0.29, 0.717) is 0 Å². The lowest BCUT2D eigenvalue weighted by molar-refractivity contribution is 0.253. The summed E-state index contributed by atoms with van der Waals surface area (Å²) in [5, 5.41) is 0. The quantitative estimate of drug-likeness (QED) is 0.570. The maximum atomic E-state index is 5.24. The van der Waals surface area contributed by atoms with E-state index in [-0.39, 0.29) is 0 Å². The maximum Gasteiger partial charge on any atom is 0.118 e. The van der Waals surface area contributed by atoms with E-state index in [9.17, 15) is 0 Å². The third kappa shape index (κ3) is 5.63. The van der Waals surface area contributed by atoms with Crippen LogP contribution in [0.15, 0.2) is 48.5 Å². The van der Waals surface area contributed by atoms with Gasteiger partial charge in [-0.3, -0.25) is 0 Å². The fourth-order valence-corrected chi connectivity index (χ4v) is 4.10. The fraction of sp³-hybridized carbons (Fsp3) is 0.500. The molecule has 0 aliphatic heterocycles. The van der Waals surface area contributed by atoms with Crippen LogP contribution in [0.4, 0.5) is 0 Å². The van der Waals surface area contributed by atoms with Crippen LogP contribution in [0.3, 0.4) is 0 Å². The molecule has 0 unspecified atom stereocenters. The Kier molecular flexibility index (Phi) is 6.55. The molecule has 1 heteroatoms. The van der Waals surface area contributed by atoms with Gasteiger partial charge in [-0.25, -0.2) is 0 Å². The SMILES string of the molecule is COc1ccc(CCC2CCC(CCc3ccc(C)cc3)CC2)cc1. The van der Waals surface area contributed by atoms with E-state index in [4.69, 9.17) is 4.74 Å². The lowest BCUT2D eigenvalue weighted by Crippen LogP contribution is -2.15. The molecule has 0 heterocycles. The van der Waals surface area contributed by atoms with Gasteiger partial charge >= 0.3 is 0 Å². The molecule has 1 fully saturated rings. The minimum absolute atomic E-state index is 0.928. The first kappa shape index (κ1) is 18.0. The molecule has 134 valence electrons. The average Bonchev–Trinajstić information content (AvgIpc) is 2.67. The molecule has 1 saturated carbocycles. The molecule has 3 rings (SSSR count). The lowest BCUT2D eigenvalue weighted by atomic mass is 9.77. The first-order valence-corrected chi connectivity index (χ1v) is 9.91. The van der Waals surface area contributed by atoms with Crippen LogP contribution in [-0.2, 0) is 12.8 Å². The molecule has 25 heavy (non-hydrogen) atoms. The van der Waals surface area contributed by atoms with Crippen LogP contribution in [0.1, 0.15) is 55.2 Å². The molecule has 1 aliphatic rings. The monoisotopic (exact) mass is 336 g/mol. The normalized spacial score (nSPS) is 20.4. The molecule has 0 saturated heterocycles. The Bertz CT molecular complexity index is 618. The number of hydrogen-bond donors (Lipinski definition) is 0. The van der Waals surface area contributed by atoms with Gasteiger partial charge in [0.05, 0.1) is 7.11 Å². The number of methoxy groups -OCH3 is 1. The third-order valence-electron chi connectivity index (χ3n) is 5.93. The van der Waals surface area contributed by atoms with E-state index in [1.54, 1.807) is 7.11 Å². The molecule has 2 aromatic rings. The predicted octanol–water partition coefficient (Wildman–Crippen LogP) is 6.38. The zero-order chi connectivity index (χ0) is 17.5. The summed E-state index contributed by atoms with van der Waals surface area (Å²) >= 11 is 0. The van der Waals surface area contributed by atoms with Crippen molar-refractivity contribution >= 4 is 0 Å². The second-order valence-corrected chi connectivity index (χ2v) is 7.80. The van der Waals surface area contributed by atoms with Gasteiger partial charge in [0.15, 0.2) is 0 Å². The standard InChI is InChI=1S/C24H32O/c1-19-3-5-20(6-4-19)7-8-21-9-11-22(12-10-21)13-14-23-15-17-24(25-2)18-16-23/h3-6,15-18,21-22H,7-14H2,1-2H3. The number of aryl methyl sites for hydroxylation is 3. The molecular weight excluding hydrogens is 304 g/mol. The second-order valence-electron chi connectivity index (χ2n) is 7.80. The number of rotatable bonds is 7. The number of benzene rings is 2. The van der Waals surface area contributed by atoms with Crippen LogP contribution in [0, 0.1) is 18.8 Å². The largest absolute Gasteiger partial charge is 0.497 e. The van der Waals surface area contributed by atoms with Gasteiger partial charge in [0, 0.05) is 0 Å². The predicted molar refractivity (Wildman–Crippen MR) is 106 cm³/mol. The molecule has 1 aliphatic carbocycles. The zero-order valence-corrected chi connectivity index (χ0v) is 15.8. The van der Waals surface area contributed by atoms with Crippen LogP contribution in [-0.4, -0.2) is 7.11 Å². The van der Waals surface area contributed by atoms with Crippen molar-refractivity contribution in [1.82, 2.24) is 0 Å².